The van der Waals surface area contributed by atoms with E-state index < -0.39 is 11.5 Å². The van der Waals surface area contributed by atoms with E-state index in [-0.39, 0.29) is 0 Å². The highest BCUT2D eigenvalue weighted by molar-refractivity contribution is 7.99. The molecule has 0 spiro atoms. The topological polar surface area (TPSA) is 98.1 Å². The molecule has 1 heterocycles. The lowest BCUT2D eigenvalue weighted by molar-refractivity contribution is -0.145. The molecular formula is C13H16N4O2S. The van der Waals surface area contributed by atoms with E-state index in [1.165, 1.54) is 0 Å². The minimum Gasteiger partial charge on any atom is -0.480 e. The minimum absolute atomic E-state index is 0.371. The number of rotatable bonds is 6. The molecule has 6 nitrogen and oxygen atoms in total. The zero-order valence-corrected chi connectivity index (χ0v) is 11.8. The molecule has 7 heteroatoms. The predicted octanol–water partition coefficient (Wildman–Crippen LogP) is 2.75. The quantitative estimate of drug-likeness (QED) is 0.364. The van der Waals surface area contributed by atoms with E-state index in [0.717, 1.165) is 16.2 Å². The summed E-state index contributed by atoms with van der Waals surface area (Å²) >= 11 is 1.69. The van der Waals surface area contributed by atoms with Gasteiger partial charge < -0.3 is 5.11 Å². The minimum atomic E-state index is -1.03. The van der Waals surface area contributed by atoms with Crippen molar-refractivity contribution >= 4 is 17.7 Å². The number of thioether (sulfide) groups is 1. The molecule has 0 amide bonds. The van der Waals surface area contributed by atoms with Crippen molar-refractivity contribution in [3.8, 4) is 0 Å². The van der Waals surface area contributed by atoms with Crippen molar-refractivity contribution in [2.24, 2.45) is 5.11 Å². The first-order chi connectivity index (χ1) is 9.70. The normalized spacial score (nSPS) is 20.8. The summed E-state index contributed by atoms with van der Waals surface area (Å²) in [4.78, 5) is 15.5. The fraction of sp³-hybridized carbons (Fsp3) is 0.462. The Morgan fingerprint density at radius 3 is 3.10 bits per heavy atom. The van der Waals surface area contributed by atoms with Gasteiger partial charge in [-0.2, -0.15) is 0 Å². The Bertz CT molecular complexity index is 545. The van der Waals surface area contributed by atoms with Crippen LogP contribution in [0.5, 0.6) is 0 Å². The summed E-state index contributed by atoms with van der Waals surface area (Å²) in [5, 5.41) is 16.3. The zero-order valence-electron chi connectivity index (χ0n) is 11.0. The summed E-state index contributed by atoms with van der Waals surface area (Å²) in [6.45, 7) is 0.875. The number of aliphatic carboxylic acids is 1. The van der Waals surface area contributed by atoms with Gasteiger partial charge in [-0.15, -0.1) is 11.8 Å². The summed E-state index contributed by atoms with van der Waals surface area (Å²) in [7, 11) is 0. The number of carboxylic acids is 1. The van der Waals surface area contributed by atoms with Crippen molar-refractivity contribution < 1.29 is 9.90 Å². The van der Waals surface area contributed by atoms with E-state index in [9.17, 15) is 9.90 Å². The highest BCUT2D eigenvalue weighted by Crippen LogP contribution is 2.40. The van der Waals surface area contributed by atoms with Gasteiger partial charge in [-0.1, -0.05) is 23.3 Å². The molecule has 1 atom stereocenters. The van der Waals surface area contributed by atoms with Gasteiger partial charge in [-0.25, -0.2) is 4.79 Å². The molecule has 0 fully saturated rings. The fourth-order valence-electron chi connectivity index (χ4n) is 2.37. The molecule has 0 saturated carbocycles. The number of benzene rings is 1. The van der Waals surface area contributed by atoms with Crippen molar-refractivity contribution in [1.29, 1.82) is 0 Å². The van der Waals surface area contributed by atoms with Gasteiger partial charge in [-0.3, -0.25) is 5.32 Å². The van der Waals surface area contributed by atoms with Gasteiger partial charge in [-0.05, 0) is 36.5 Å². The number of carboxylic acid groups (broad SMARTS) is 1. The summed E-state index contributed by atoms with van der Waals surface area (Å²) in [5.41, 5.74) is 8.02. The van der Waals surface area contributed by atoms with Gasteiger partial charge in [0.2, 0.25) is 0 Å². The highest BCUT2D eigenvalue weighted by atomic mass is 32.2. The third kappa shape index (κ3) is 2.90. The number of hydrogen-bond donors (Lipinski definition) is 2. The second-order valence-electron chi connectivity index (χ2n) is 4.54. The molecule has 1 aromatic carbocycles. The Morgan fingerprint density at radius 2 is 2.35 bits per heavy atom. The van der Waals surface area contributed by atoms with E-state index in [4.69, 9.17) is 5.53 Å². The standard InChI is InChI=1S/C13H16N4O2S/c14-17-16-8-3-7-15-13(12(18)19)6-9-20-11-5-2-1-4-10(11)13/h1-2,4-5,15H,3,6-9H2,(H,18,19). The number of azide groups is 1. The van der Waals surface area contributed by atoms with Crippen LogP contribution in [-0.2, 0) is 10.3 Å². The predicted molar refractivity (Wildman–Crippen MR) is 77.7 cm³/mol. The van der Waals surface area contributed by atoms with Crippen molar-refractivity contribution in [3.63, 3.8) is 0 Å². The Kier molecular flexibility index (Phi) is 4.89. The lowest BCUT2D eigenvalue weighted by Crippen LogP contribution is -2.51. The van der Waals surface area contributed by atoms with E-state index in [2.05, 4.69) is 15.3 Å². The van der Waals surface area contributed by atoms with Gasteiger partial charge in [0.1, 0.15) is 5.54 Å². The van der Waals surface area contributed by atoms with Crippen molar-refractivity contribution in [2.45, 2.75) is 23.3 Å². The van der Waals surface area contributed by atoms with Gasteiger partial charge in [0.05, 0.1) is 0 Å². The van der Waals surface area contributed by atoms with Crippen LogP contribution in [0.25, 0.3) is 10.4 Å². The van der Waals surface area contributed by atoms with Crippen LogP contribution in [0.4, 0.5) is 0 Å². The highest BCUT2D eigenvalue weighted by Gasteiger charge is 2.43. The first-order valence-electron chi connectivity index (χ1n) is 6.42. The van der Waals surface area contributed by atoms with Crippen LogP contribution in [-0.4, -0.2) is 29.9 Å². The van der Waals surface area contributed by atoms with E-state index in [0.29, 0.717) is 25.9 Å². The smallest absolute Gasteiger partial charge is 0.328 e. The third-order valence-corrected chi connectivity index (χ3v) is 4.45. The molecule has 1 aliphatic rings. The average Bonchev–Trinajstić information content (AvgIpc) is 2.47. The number of nitrogens with one attached hydrogen (secondary N) is 1. The summed E-state index contributed by atoms with van der Waals surface area (Å²) < 4.78 is 0. The number of hydrogen-bond acceptors (Lipinski definition) is 4. The first-order valence-corrected chi connectivity index (χ1v) is 7.41. The van der Waals surface area contributed by atoms with Gasteiger partial charge >= 0.3 is 5.97 Å². The molecule has 106 valence electrons. The monoisotopic (exact) mass is 292 g/mol. The number of fused-ring (bicyclic) bond motifs is 1. The van der Waals surface area contributed by atoms with Crippen LogP contribution >= 0.6 is 11.8 Å². The third-order valence-electron chi connectivity index (χ3n) is 3.37. The molecule has 2 rings (SSSR count). The molecule has 20 heavy (non-hydrogen) atoms. The van der Waals surface area contributed by atoms with E-state index in [1.54, 1.807) is 11.8 Å². The summed E-state index contributed by atoms with van der Waals surface area (Å²) in [6, 6.07) is 7.62. The van der Waals surface area contributed by atoms with Gasteiger partial charge in [0.25, 0.3) is 0 Å². The Labute approximate surface area is 121 Å². The molecule has 0 radical (unpaired) electrons. The molecule has 0 bridgehead atoms. The Hall–Kier alpha value is -1.69. The zero-order chi connectivity index (χ0) is 14.4. The molecule has 0 saturated heterocycles. The van der Waals surface area contributed by atoms with Crippen LogP contribution in [0.2, 0.25) is 0 Å². The van der Waals surface area contributed by atoms with E-state index >= 15 is 0 Å². The van der Waals surface area contributed by atoms with Crippen molar-refractivity contribution in [3.05, 3.63) is 40.3 Å². The number of nitrogens with zero attached hydrogens (tertiary/aromatic N) is 3. The van der Waals surface area contributed by atoms with Crippen LogP contribution in [0.15, 0.2) is 34.3 Å². The fourth-order valence-corrected chi connectivity index (χ4v) is 3.57. The maximum absolute atomic E-state index is 11.8. The molecule has 1 aromatic rings. The SMILES string of the molecule is [N-]=[N+]=NCCCNC1(C(=O)O)CCSc2ccccc21. The molecule has 0 aromatic heterocycles. The molecule has 1 unspecified atom stereocenters. The van der Waals surface area contributed by atoms with Crippen molar-refractivity contribution in [2.75, 3.05) is 18.8 Å². The molecule has 0 aliphatic carbocycles. The van der Waals surface area contributed by atoms with Crippen LogP contribution in [0.1, 0.15) is 18.4 Å². The molecular weight excluding hydrogens is 276 g/mol. The second-order valence-corrected chi connectivity index (χ2v) is 5.68. The maximum atomic E-state index is 11.8. The Morgan fingerprint density at radius 1 is 1.55 bits per heavy atom. The van der Waals surface area contributed by atoms with Gasteiger partial charge in [0, 0.05) is 22.1 Å². The van der Waals surface area contributed by atoms with Gasteiger partial charge in [0.15, 0.2) is 0 Å². The largest absolute Gasteiger partial charge is 0.480 e. The lowest BCUT2D eigenvalue weighted by Gasteiger charge is -2.36. The lowest BCUT2D eigenvalue weighted by atomic mass is 9.86. The summed E-state index contributed by atoms with van der Waals surface area (Å²) in [6.07, 6.45) is 1.17. The first kappa shape index (κ1) is 14.7. The van der Waals surface area contributed by atoms with Crippen LogP contribution in [0, 0.1) is 0 Å². The molecule has 1 aliphatic heterocycles. The van der Waals surface area contributed by atoms with Crippen molar-refractivity contribution in [1.82, 2.24) is 5.32 Å². The second kappa shape index (κ2) is 6.65. The van der Waals surface area contributed by atoms with E-state index in [1.807, 2.05) is 24.3 Å². The Balaban J connectivity index is 2.18. The average molecular weight is 292 g/mol. The molecule has 2 N–H and O–H groups in total. The van der Waals surface area contributed by atoms with Crippen LogP contribution < -0.4 is 5.32 Å². The maximum Gasteiger partial charge on any atom is 0.328 e. The van der Waals surface area contributed by atoms with Crippen LogP contribution in [0.3, 0.4) is 0 Å². The number of carbonyl (C=O) groups is 1. The summed E-state index contributed by atoms with van der Waals surface area (Å²) in [5.74, 6) is -0.0822.